The first-order valence-corrected chi connectivity index (χ1v) is 8.62. The van der Waals surface area contributed by atoms with Crippen molar-refractivity contribution in [2.45, 2.75) is 0 Å². The van der Waals surface area contributed by atoms with Gasteiger partial charge in [0.1, 0.15) is 5.69 Å². The minimum absolute atomic E-state index is 0.284. The molecule has 28 heavy (non-hydrogen) atoms. The standard InChI is InChI=1S/C21H19N3O4/c1-26-18-10-16-14(19(27-2)20(18)28-3)9-17(24-16)21(25)23-13-8-12-6-4-5-7-15(12)22-11-13/h4-11,24H,1-3H3,(H,23,25). The van der Waals surface area contributed by atoms with E-state index in [9.17, 15) is 4.79 Å². The Hall–Kier alpha value is -3.74. The maximum atomic E-state index is 12.8. The number of aromatic nitrogens is 2. The van der Waals surface area contributed by atoms with Crippen LogP contribution in [0.1, 0.15) is 10.5 Å². The lowest BCUT2D eigenvalue weighted by atomic mass is 10.2. The van der Waals surface area contributed by atoms with Gasteiger partial charge in [0, 0.05) is 16.8 Å². The fourth-order valence-electron chi connectivity index (χ4n) is 3.21. The Bertz CT molecular complexity index is 1180. The maximum absolute atomic E-state index is 12.8. The zero-order valence-electron chi connectivity index (χ0n) is 15.7. The van der Waals surface area contributed by atoms with Gasteiger partial charge in [0.15, 0.2) is 11.5 Å². The molecule has 4 aromatic rings. The van der Waals surface area contributed by atoms with Crippen LogP contribution in [0.3, 0.4) is 0 Å². The summed E-state index contributed by atoms with van der Waals surface area (Å²) in [5, 5.41) is 4.55. The van der Waals surface area contributed by atoms with Crippen LogP contribution in [0, 0.1) is 0 Å². The molecular formula is C21H19N3O4. The van der Waals surface area contributed by atoms with E-state index in [0.717, 1.165) is 16.3 Å². The van der Waals surface area contributed by atoms with Gasteiger partial charge in [-0.05, 0) is 18.2 Å². The molecule has 0 radical (unpaired) electrons. The van der Waals surface area contributed by atoms with Crippen molar-refractivity contribution in [2.75, 3.05) is 26.6 Å². The van der Waals surface area contributed by atoms with Gasteiger partial charge in [0.05, 0.1) is 44.2 Å². The molecule has 2 aromatic carbocycles. The second-order valence-electron chi connectivity index (χ2n) is 6.16. The molecule has 2 aromatic heterocycles. The number of benzene rings is 2. The van der Waals surface area contributed by atoms with Crippen LogP contribution in [0.5, 0.6) is 17.2 Å². The van der Waals surface area contributed by atoms with Gasteiger partial charge in [-0.15, -0.1) is 0 Å². The Kier molecular flexibility index (Phi) is 4.49. The SMILES string of the molecule is COc1cc2[nH]c(C(=O)Nc3cnc4ccccc4c3)cc2c(OC)c1OC. The van der Waals surface area contributed by atoms with Crippen LogP contribution in [0.25, 0.3) is 21.8 Å². The predicted molar refractivity (Wildman–Crippen MR) is 108 cm³/mol. The van der Waals surface area contributed by atoms with Crippen molar-refractivity contribution in [1.29, 1.82) is 0 Å². The van der Waals surface area contributed by atoms with E-state index in [0.29, 0.717) is 34.1 Å². The van der Waals surface area contributed by atoms with E-state index in [1.165, 1.54) is 0 Å². The lowest BCUT2D eigenvalue weighted by Gasteiger charge is -2.12. The fourth-order valence-corrected chi connectivity index (χ4v) is 3.21. The third kappa shape index (κ3) is 2.96. The number of carbonyl (C=O) groups excluding carboxylic acids is 1. The van der Waals surface area contributed by atoms with E-state index in [2.05, 4.69) is 15.3 Å². The summed E-state index contributed by atoms with van der Waals surface area (Å²) >= 11 is 0. The molecule has 4 rings (SSSR count). The highest BCUT2D eigenvalue weighted by Gasteiger charge is 2.20. The van der Waals surface area contributed by atoms with Crippen LogP contribution in [0.2, 0.25) is 0 Å². The zero-order valence-corrected chi connectivity index (χ0v) is 15.7. The summed E-state index contributed by atoms with van der Waals surface area (Å²) in [7, 11) is 4.63. The maximum Gasteiger partial charge on any atom is 0.272 e. The number of fused-ring (bicyclic) bond motifs is 2. The average molecular weight is 377 g/mol. The molecule has 0 saturated carbocycles. The number of nitrogens with zero attached hydrogens (tertiary/aromatic N) is 1. The minimum atomic E-state index is -0.284. The Labute approximate surface area is 161 Å². The molecule has 0 atom stereocenters. The van der Waals surface area contributed by atoms with Crippen LogP contribution in [-0.2, 0) is 0 Å². The highest BCUT2D eigenvalue weighted by molar-refractivity contribution is 6.07. The van der Waals surface area contributed by atoms with Crippen LogP contribution < -0.4 is 19.5 Å². The Morgan fingerprint density at radius 3 is 2.54 bits per heavy atom. The van der Waals surface area contributed by atoms with Gasteiger partial charge in [-0.25, -0.2) is 0 Å². The highest BCUT2D eigenvalue weighted by atomic mass is 16.5. The molecule has 7 nitrogen and oxygen atoms in total. The minimum Gasteiger partial charge on any atom is -0.493 e. The van der Waals surface area contributed by atoms with E-state index in [4.69, 9.17) is 14.2 Å². The third-order valence-electron chi connectivity index (χ3n) is 4.52. The predicted octanol–water partition coefficient (Wildman–Crippen LogP) is 3.99. The number of ether oxygens (including phenoxy) is 3. The molecule has 0 saturated heterocycles. The number of rotatable bonds is 5. The second kappa shape index (κ2) is 7.11. The highest BCUT2D eigenvalue weighted by Crippen LogP contribution is 2.43. The summed E-state index contributed by atoms with van der Waals surface area (Å²) in [6.07, 6.45) is 1.63. The van der Waals surface area contributed by atoms with Crippen LogP contribution in [0.4, 0.5) is 5.69 Å². The molecular weight excluding hydrogens is 358 g/mol. The lowest BCUT2D eigenvalue weighted by molar-refractivity contribution is 0.102. The molecule has 142 valence electrons. The van der Waals surface area contributed by atoms with Crippen LogP contribution >= 0.6 is 0 Å². The monoisotopic (exact) mass is 377 g/mol. The van der Waals surface area contributed by atoms with Crippen molar-refractivity contribution in [3.8, 4) is 17.2 Å². The first-order valence-electron chi connectivity index (χ1n) is 8.62. The van der Waals surface area contributed by atoms with E-state index < -0.39 is 0 Å². The Balaban J connectivity index is 1.70. The largest absolute Gasteiger partial charge is 0.493 e. The molecule has 0 fully saturated rings. The number of H-pyrrole nitrogens is 1. The first-order chi connectivity index (χ1) is 13.6. The Morgan fingerprint density at radius 2 is 1.79 bits per heavy atom. The summed E-state index contributed by atoms with van der Waals surface area (Å²) in [5.41, 5.74) is 2.58. The molecule has 2 heterocycles. The van der Waals surface area contributed by atoms with Crippen molar-refractivity contribution in [1.82, 2.24) is 9.97 Å². The molecule has 1 amide bonds. The van der Waals surface area contributed by atoms with E-state index in [1.54, 1.807) is 39.7 Å². The van der Waals surface area contributed by atoms with Crippen molar-refractivity contribution in [2.24, 2.45) is 0 Å². The number of carbonyl (C=O) groups is 1. The average Bonchev–Trinajstić information content (AvgIpc) is 3.16. The van der Waals surface area contributed by atoms with E-state index in [-0.39, 0.29) is 5.91 Å². The summed E-state index contributed by atoms with van der Waals surface area (Å²) in [5.74, 6) is 1.20. The van der Waals surface area contributed by atoms with Gasteiger partial charge < -0.3 is 24.5 Å². The summed E-state index contributed by atoms with van der Waals surface area (Å²) < 4.78 is 16.2. The topological polar surface area (TPSA) is 85.5 Å². The van der Waals surface area contributed by atoms with Gasteiger partial charge in [0.25, 0.3) is 5.91 Å². The number of hydrogen-bond acceptors (Lipinski definition) is 5. The molecule has 0 spiro atoms. The van der Waals surface area contributed by atoms with E-state index in [1.807, 2.05) is 30.3 Å². The number of methoxy groups -OCH3 is 3. The zero-order chi connectivity index (χ0) is 19.7. The molecule has 0 aliphatic heterocycles. The van der Waals surface area contributed by atoms with E-state index >= 15 is 0 Å². The summed E-state index contributed by atoms with van der Waals surface area (Å²) in [6, 6.07) is 13.1. The van der Waals surface area contributed by atoms with Gasteiger partial charge in [0.2, 0.25) is 5.75 Å². The quantitative estimate of drug-likeness (QED) is 0.549. The van der Waals surface area contributed by atoms with Gasteiger partial charge in [-0.1, -0.05) is 18.2 Å². The summed E-state index contributed by atoms with van der Waals surface area (Å²) in [4.78, 5) is 20.2. The number of aromatic amines is 1. The number of amides is 1. The number of para-hydroxylation sites is 1. The van der Waals surface area contributed by atoms with Crippen molar-refractivity contribution in [3.05, 3.63) is 54.4 Å². The second-order valence-corrected chi connectivity index (χ2v) is 6.16. The Morgan fingerprint density at radius 1 is 1.00 bits per heavy atom. The van der Waals surface area contributed by atoms with Gasteiger partial charge in [-0.3, -0.25) is 9.78 Å². The molecule has 0 aliphatic carbocycles. The molecule has 0 unspecified atom stereocenters. The smallest absolute Gasteiger partial charge is 0.272 e. The molecule has 2 N–H and O–H groups in total. The third-order valence-corrected chi connectivity index (χ3v) is 4.52. The number of hydrogen-bond donors (Lipinski definition) is 2. The first kappa shape index (κ1) is 17.7. The van der Waals surface area contributed by atoms with Crippen molar-refractivity contribution < 1.29 is 19.0 Å². The van der Waals surface area contributed by atoms with Gasteiger partial charge >= 0.3 is 0 Å². The van der Waals surface area contributed by atoms with Gasteiger partial charge in [-0.2, -0.15) is 0 Å². The van der Waals surface area contributed by atoms with Crippen LogP contribution in [0.15, 0.2) is 48.7 Å². The van der Waals surface area contributed by atoms with Crippen molar-refractivity contribution in [3.63, 3.8) is 0 Å². The molecule has 0 aliphatic rings. The normalized spacial score (nSPS) is 10.8. The fraction of sp³-hybridized carbons (Fsp3) is 0.143. The lowest BCUT2D eigenvalue weighted by Crippen LogP contribution is -2.12. The van der Waals surface area contributed by atoms with Crippen LogP contribution in [-0.4, -0.2) is 37.2 Å². The molecule has 7 heteroatoms. The number of anilines is 1. The molecule has 0 bridgehead atoms. The summed E-state index contributed by atoms with van der Waals surface area (Å²) in [6.45, 7) is 0. The number of nitrogens with one attached hydrogen (secondary N) is 2. The van der Waals surface area contributed by atoms with Crippen molar-refractivity contribution >= 4 is 33.4 Å². The number of pyridine rings is 1.